The number of fused-ring (bicyclic) bond motifs is 1. The second-order valence-electron chi connectivity index (χ2n) is 7.53. The molecule has 9 heteroatoms. The van der Waals surface area contributed by atoms with Crippen molar-refractivity contribution in [2.75, 3.05) is 12.4 Å². The second kappa shape index (κ2) is 8.84. The lowest BCUT2D eigenvalue weighted by Gasteiger charge is -2.15. The molecule has 164 valence electrons. The summed E-state index contributed by atoms with van der Waals surface area (Å²) in [5, 5.41) is 19.9. The van der Waals surface area contributed by atoms with Gasteiger partial charge in [0.25, 0.3) is 0 Å². The van der Waals surface area contributed by atoms with Crippen molar-refractivity contribution in [3.8, 4) is 23.1 Å². The van der Waals surface area contributed by atoms with E-state index in [4.69, 9.17) is 4.74 Å². The highest BCUT2D eigenvalue weighted by Crippen LogP contribution is 2.39. The summed E-state index contributed by atoms with van der Waals surface area (Å²) < 4.78 is 18.3. The molecule has 0 fully saturated rings. The number of benzene rings is 2. The third-order valence-electron chi connectivity index (χ3n) is 5.62. The minimum absolute atomic E-state index is 0.180. The molecule has 0 aliphatic heterocycles. The molecule has 1 atom stereocenters. The van der Waals surface area contributed by atoms with Crippen LogP contribution in [0.25, 0.3) is 11.1 Å². The predicted molar refractivity (Wildman–Crippen MR) is 124 cm³/mol. The number of pyridine rings is 1. The van der Waals surface area contributed by atoms with Gasteiger partial charge in [0.05, 0.1) is 23.3 Å². The van der Waals surface area contributed by atoms with E-state index >= 15 is 0 Å². The number of aromatic nitrogens is 4. The van der Waals surface area contributed by atoms with Crippen molar-refractivity contribution >= 4 is 22.4 Å². The Hall–Kier alpha value is -4.03. The fourth-order valence-electron chi connectivity index (χ4n) is 4.06. The number of aryl methyl sites for hydroxylation is 1. The molecule has 0 radical (unpaired) electrons. The summed E-state index contributed by atoms with van der Waals surface area (Å²) >= 11 is 0. The maximum Gasteiger partial charge on any atom is 0.247 e. The highest BCUT2D eigenvalue weighted by molar-refractivity contribution is 7.85. The predicted octanol–water partition coefficient (Wildman–Crippen LogP) is 4.15. The van der Waals surface area contributed by atoms with Crippen LogP contribution in [0.5, 0.6) is 5.88 Å². The van der Waals surface area contributed by atoms with Gasteiger partial charge in [-0.3, -0.25) is 0 Å². The lowest BCUT2D eigenvalue weighted by Crippen LogP contribution is -2.01. The van der Waals surface area contributed by atoms with Crippen molar-refractivity contribution in [3.05, 3.63) is 71.4 Å². The van der Waals surface area contributed by atoms with Gasteiger partial charge in [0.2, 0.25) is 17.0 Å². The number of nitriles is 1. The molecule has 33 heavy (non-hydrogen) atoms. The fraction of sp³-hybridized carbons (Fsp3) is 0.167. The van der Waals surface area contributed by atoms with Crippen LogP contribution in [-0.2, 0) is 23.6 Å². The number of aromatic amines is 1. The molecule has 0 saturated carbocycles. The molecule has 1 aliphatic carbocycles. The molecular formula is C24H20N6O2S. The van der Waals surface area contributed by atoms with Crippen LogP contribution in [-0.4, -0.2) is 31.5 Å². The number of hydrogen-bond acceptors (Lipinski definition) is 7. The molecule has 8 nitrogen and oxygen atoms in total. The number of nitrogens with zero attached hydrogens (tertiary/aromatic N) is 4. The molecule has 2 aromatic carbocycles. The van der Waals surface area contributed by atoms with Gasteiger partial charge in [0, 0.05) is 17.8 Å². The number of ether oxygens (including phenoxy) is 1. The van der Waals surface area contributed by atoms with Crippen LogP contribution in [0.15, 0.2) is 64.8 Å². The van der Waals surface area contributed by atoms with E-state index in [0.717, 1.165) is 36.1 Å². The van der Waals surface area contributed by atoms with Crippen molar-refractivity contribution in [1.29, 1.82) is 5.26 Å². The Kier molecular flexibility index (Phi) is 5.59. The third kappa shape index (κ3) is 3.97. The number of methoxy groups -OCH3 is 1. The minimum Gasteiger partial charge on any atom is -0.481 e. The van der Waals surface area contributed by atoms with E-state index in [9.17, 15) is 9.47 Å². The first-order valence-corrected chi connectivity index (χ1v) is 11.6. The number of H-pyrrole nitrogens is 1. The lowest BCUT2D eigenvalue weighted by molar-refractivity contribution is 0.398. The maximum atomic E-state index is 13.0. The number of hydrogen-bond donors (Lipinski definition) is 2. The number of nitrogens with one attached hydrogen (secondary N) is 2. The van der Waals surface area contributed by atoms with Crippen molar-refractivity contribution in [2.45, 2.75) is 29.3 Å². The van der Waals surface area contributed by atoms with Gasteiger partial charge in [-0.25, -0.2) is 14.3 Å². The number of anilines is 2. The van der Waals surface area contributed by atoms with E-state index in [0.29, 0.717) is 22.3 Å². The molecule has 0 spiro atoms. The molecule has 0 saturated heterocycles. The third-order valence-corrected chi connectivity index (χ3v) is 6.91. The van der Waals surface area contributed by atoms with Gasteiger partial charge in [-0.2, -0.15) is 10.2 Å². The Morgan fingerprint density at radius 3 is 2.91 bits per heavy atom. The van der Waals surface area contributed by atoms with Crippen LogP contribution in [0.1, 0.15) is 23.1 Å². The van der Waals surface area contributed by atoms with E-state index in [1.165, 1.54) is 11.1 Å². The summed E-state index contributed by atoms with van der Waals surface area (Å²) in [6, 6.07) is 16.9. The Bertz CT molecular complexity index is 1410. The Labute approximate surface area is 193 Å². The minimum atomic E-state index is -1.66. The van der Waals surface area contributed by atoms with Gasteiger partial charge in [-0.15, -0.1) is 5.10 Å². The maximum absolute atomic E-state index is 13.0. The van der Waals surface area contributed by atoms with E-state index in [-0.39, 0.29) is 5.16 Å². The van der Waals surface area contributed by atoms with Crippen LogP contribution in [0, 0.1) is 11.3 Å². The standard InChI is InChI=1S/C24H20N6O2S/c1-32-21-13-16(11-12-26-21)19-10-9-15-6-4-7-18(15)22(19)27-23-28-24(30-29-23)33(31)20-8-3-2-5-17(20)14-25/h2-3,5,8-13H,4,6-7H2,1H3,(H2,27,28,29,30). The van der Waals surface area contributed by atoms with Gasteiger partial charge in [0.15, 0.2) is 0 Å². The molecule has 2 heterocycles. The van der Waals surface area contributed by atoms with Crippen molar-refractivity contribution < 1.29 is 8.95 Å². The Morgan fingerprint density at radius 1 is 1.18 bits per heavy atom. The molecule has 2 N–H and O–H groups in total. The molecule has 2 aromatic heterocycles. The first-order chi connectivity index (χ1) is 16.2. The molecule has 4 aromatic rings. The highest BCUT2D eigenvalue weighted by atomic mass is 32.2. The SMILES string of the molecule is COc1cc(-c2ccc3c(c2Nc2n[nH]c(S(=O)c4ccccc4C#N)n2)CCC3)ccn1. The smallest absolute Gasteiger partial charge is 0.247 e. The van der Waals surface area contributed by atoms with Crippen LogP contribution < -0.4 is 10.1 Å². The summed E-state index contributed by atoms with van der Waals surface area (Å²) in [6.07, 6.45) is 4.78. The van der Waals surface area contributed by atoms with Crippen LogP contribution in [0.3, 0.4) is 0 Å². The Morgan fingerprint density at radius 2 is 2.06 bits per heavy atom. The zero-order chi connectivity index (χ0) is 22.8. The van der Waals surface area contributed by atoms with E-state index in [2.05, 4.69) is 43.7 Å². The van der Waals surface area contributed by atoms with E-state index in [1.54, 1.807) is 37.6 Å². The van der Waals surface area contributed by atoms with Gasteiger partial charge in [0.1, 0.15) is 16.9 Å². The molecular weight excluding hydrogens is 436 g/mol. The molecule has 5 rings (SSSR count). The normalized spacial score (nSPS) is 13.2. The molecule has 1 unspecified atom stereocenters. The summed E-state index contributed by atoms with van der Waals surface area (Å²) in [5.74, 6) is 0.848. The quantitative estimate of drug-likeness (QED) is 0.448. The zero-order valence-corrected chi connectivity index (χ0v) is 18.6. The topological polar surface area (TPSA) is 117 Å². The van der Waals surface area contributed by atoms with Gasteiger partial charge < -0.3 is 10.1 Å². The lowest BCUT2D eigenvalue weighted by atomic mass is 9.98. The highest BCUT2D eigenvalue weighted by Gasteiger charge is 2.22. The first-order valence-electron chi connectivity index (χ1n) is 10.4. The second-order valence-corrected chi connectivity index (χ2v) is 8.90. The van der Waals surface area contributed by atoms with Crippen molar-refractivity contribution in [2.24, 2.45) is 0 Å². The fourth-order valence-corrected chi connectivity index (χ4v) is 5.08. The average Bonchev–Trinajstić information content (AvgIpc) is 3.53. The summed E-state index contributed by atoms with van der Waals surface area (Å²) in [6.45, 7) is 0. The zero-order valence-electron chi connectivity index (χ0n) is 17.8. The molecule has 1 aliphatic rings. The number of rotatable bonds is 6. The monoisotopic (exact) mass is 456 g/mol. The average molecular weight is 457 g/mol. The van der Waals surface area contributed by atoms with E-state index in [1.807, 2.05) is 12.1 Å². The largest absolute Gasteiger partial charge is 0.481 e. The van der Waals surface area contributed by atoms with Crippen LogP contribution in [0.4, 0.5) is 11.6 Å². The van der Waals surface area contributed by atoms with Gasteiger partial charge in [-0.05, 0) is 54.2 Å². The van der Waals surface area contributed by atoms with Crippen molar-refractivity contribution in [1.82, 2.24) is 20.2 Å². The molecule has 0 amide bonds. The van der Waals surface area contributed by atoms with Gasteiger partial charge in [-0.1, -0.05) is 24.3 Å². The first kappa shape index (κ1) is 20.8. The van der Waals surface area contributed by atoms with Gasteiger partial charge >= 0.3 is 0 Å². The van der Waals surface area contributed by atoms with Crippen LogP contribution in [0.2, 0.25) is 0 Å². The Balaban J connectivity index is 1.52. The summed E-state index contributed by atoms with van der Waals surface area (Å²) in [5.41, 5.74) is 5.73. The molecule has 0 bridgehead atoms. The summed E-state index contributed by atoms with van der Waals surface area (Å²) in [4.78, 5) is 9.03. The van der Waals surface area contributed by atoms with E-state index < -0.39 is 10.8 Å². The van der Waals surface area contributed by atoms with Crippen LogP contribution >= 0.6 is 0 Å². The summed E-state index contributed by atoms with van der Waals surface area (Å²) in [7, 11) is -0.0657. The van der Waals surface area contributed by atoms with Crippen molar-refractivity contribution in [3.63, 3.8) is 0 Å².